The molecule has 0 aliphatic carbocycles. The highest BCUT2D eigenvalue weighted by molar-refractivity contribution is 8.00. The number of thioether (sulfide) groups is 1. The van der Waals surface area contributed by atoms with Crippen LogP contribution in [0, 0.1) is 0 Å². The molecule has 1 aliphatic rings. The van der Waals surface area contributed by atoms with Crippen molar-refractivity contribution in [3.05, 3.63) is 30.3 Å². The summed E-state index contributed by atoms with van der Waals surface area (Å²) in [5.41, 5.74) is -1.04. The van der Waals surface area contributed by atoms with Gasteiger partial charge in [-0.05, 0) is 25.0 Å². The predicted octanol–water partition coefficient (Wildman–Crippen LogP) is 1.51. The van der Waals surface area contributed by atoms with Gasteiger partial charge in [0.15, 0.2) is 0 Å². The van der Waals surface area contributed by atoms with Crippen LogP contribution in [0.25, 0.3) is 0 Å². The number of aliphatic hydroxyl groups is 2. The Hall–Kier alpha value is -1.04. The molecular formula is C15H21NO3S. The Morgan fingerprint density at radius 2 is 2.15 bits per heavy atom. The summed E-state index contributed by atoms with van der Waals surface area (Å²) in [7, 11) is 0. The number of aliphatic hydroxyl groups excluding tert-OH is 1. The summed E-state index contributed by atoms with van der Waals surface area (Å²) in [4.78, 5) is 14.8. The molecule has 0 bridgehead atoms. The number of piperidine rings is 1. The molecule has 2 atom stereocenters. The number of β-amino-alcohol motifs (C(OH)–C–C–N with tert-alkyl or cyclic N) is 1. The number of rotatable bonds is 4. The van der Waals surface area contributed by atoms with Crippen LogP contribution in [-0.2, 0) is 4.79 Å². The number of hydrogen-bond acceptors (Lipinski definition) is 4. The molecule has 1 aromatic carbocycles. The molecule has 2 N–H and O–H groups in total. The second-order valence-corrected chi connectivity index (χ2v) is 6.21. The van der Waals surface area contributed by atoms with Gasteiger partial charge in [0.2, 0.25) is 5.91 Å². The number of hydrogen-bond donors (Lipinski definition) is 2. The van der Waals surface area contributed by atoms with E-state index in [4.69, 9.17) is 0 Å². The molecule has 1 amide bonds. The third kappa shape index (κ3) is 3.53. The first-order valence-corrected chi connectivity index (χ1v) is 7.90. The van der Waals surface area contributed by atoms with Crippen LogP contribution in [0.3, 0.4) is 0 Å². The summed E-state index contributed by atoms with van der Waals surface area (Å²) >= 11 is 1.49. The van der Waals surface area contributed by atoms with Gasteiger partial charge in [0, 0.05) is 18.0 Å². The highest BCUT2D eigenvalue weighted by Gasteiger charge is 2.40. The first-order valence-electron chi connectivity index (χ1n) is 6.91. The van der Waals surface area contributed by atoms with Crippen molar-refractivity contribution in [2.75, 3.05) is 18.8 Å². The molecule has 1 fully saturated rings. The van der Waals surface area contributed by atoms with Gasteiger partial charge in [-0.25, -0.2) is 0 Å². The lowest BCUT2D eigenvalue weighted by molar-refractivity contribution is -0.147. The third-order valence-corrected chi connectivity index (χ3v) is 4.90. The Labute approximate surface area is 123 Å². The number of carbonyl (C=O) groups excluding carboxylic acids is 1. The maximum atomic E-state index is 12.1. The lowest BCUT2D eigenvalue weighted by atomic mass is 9.86. The fourth-order valence-electron chi connectivity index (χ4n) is 2.36. The second-order valence-electron chi connectivity index (χ2n) is 5.16. The molecule has 1 aliphatic heterocycles. The van der Waals surface area contributed by atoms with E-state index in [9.17, 15) is 15.0 Å². The van der Waals surface area contributed by atoms with Crippen molar-refractivity contribution >= 4 is 17.7 Å². The van der Waals surface area contributed by atoms with Gasteiger partial charge in [-0.2, -0.15) is 0 Å². The third-order valence-electron chi connectivity index (χ3n) is 3.90. The van der Waals surface area contributed by atoms with E-state index in [1.54, 1.807) is 4.90 Å². The van der Waals surface area contributed by atoms with E-state index in [0.717, 1.165) is 4.90 Å². The highest BCUT2D eigenvalue weighted by Crippen LogP contribution is 2.26. The van der Waals surface area contributed by atoms with E-state index in [1.165, 1.54) is 11.8 Å². The Morgan fingerprint density at radius 1 is 1.45 bits per heavy atom. The summed E-state index contributed by atoms with van der Waals surface area (Å²) < 4.78 is 0. The number of amides is 1. The number of carbonyl (C=O) groups is 1. The topological polar surface area (TPSA) is 60.8 Å². The summed E-state index contributed by atoms with van der Waals surface area (Å²) in [6, 6.07) is 9.77. The summed E-state index contributed by atoms with van der Waals surface area (Å²) in [6.07, 6.45) is 0.0911. The maximum Gasteiger partial charge on any atom is 0.233 e. The van der Waals surface area contributed by atoms with Crippen molar-refractivity contribution in [3.63, 3.8) is 0 Å². The number of benzene rings is 1. The molecule has 110 valence electrons. The van der Waals surface area contributed by atoms with E-state index in [1.807, 2.05) is 37.3 Å². The molecule has 20 heavy (non-hydrogen) atoms. The smallest absolute Gasteiger partial charge is 0.233 e. The maximum absolute atomic E-state index is 12.1. The molecule has 0 aromatic heterocycles. The van der Waals surface area contributed by atoms with Crippen molar-refractivity contribution in [2.24, 2.45) is 0 Å². The van der Waals surface area contributed by atoms with Gasteiger partial charge >= 0.3 is 0 Å². The first kappa shape index (κ1) is 15.4. The largest absolute Gasteiger partial charge is 0.388 e. The Bertz CT molecular complexity index is 454. The van der Waals surface area contributed by atoms with Gasteiger partial charge in [-0.15, -0.1) is 11.8 Å². The summed E-state index contributed by atoms with van der Waals surface area (Å²) in [5, 5.41) is 20.1. The first-order chi connectivity index (χ1) is 9.55. The van der Waals surface area contributed by atoms with E-state index in [2.05, 4.69) is 0 Å². The van der Waals surface area contributed by atoms with Gasteiger partial charge in [0.25, 0.3) is 0 Å². The SMILES string of the molecule is CC[C@@]1(O)CCN(C(=O)CSc2ccccc2)C[C@H]1O. The van der Waals surface area contributed by atoms with Crippen LogP contribution in [-0.4, -0.2) is 51.6 Å². The average molecular weight is 295 g/mol. The van der Waals surface area contributed by atoms with Crippen molar-refractivity contribution in [3.8, 4) is 0 Å². The van der Waals surface area contributed by atoms with E-state index in [0.29, 0.717) is 25.1 Å². The monoisotopic (exact) mass is 295 g/mol. The molecule has 1 saturated heterocycles. The standard InChI is InChI=1S/C15H21NO3S/c1-2-15(19)8-9-16(10-13(15)17)14(18)11-20-12-6-4-3-5-7-12/h3-7,13,17,19H,2,8-11H2,1H3/t13-,15-/m1/s1. The van der Waals surface area contributed by atoms with E-state index >= 15 is 0 Å². The van der Waals surface area contributed by atoms with Crippen LogP contribution in [0.2, 0.25) is 0 Å². The molecule has 4 nitrogen and oxygen atoms in total. The van der Waals surface area contributed by atoms with Crippen molar-refractivity contribution in [1.82, 2.24) is 4.90 Å². The number of likely N-dealkylation sites (tertiary alicyclic amines) is 1. The lowest BCUT2D eigenvalue weighted by Crippen LogP contribution is -2.56. The quantitative estimate of drug-likeness (QED) is 0.827. The molecular weight excluding hydrogens is 274 g/mol. The highest BCUT2D eigenvalue weighted by atomic mass is 32.2. The Morgan fingerprint density at radius 3 is 2.75 bits per heavy atom. The van der Waals surface area contributed by atoms with Crippen LogP contribution in [0.4, 0.5) is 0 Å². The predicted molar refractivity (Wildman–Crippen MR) is 79.6 cm³/mol. The van der Waals surface area contributed by atoms with Gasteiger partial charge in [-0.1, -0.05) is 25.1 Å². The van der Waals surface area contributed by atoms with Crippen LogP contribution < -0.4 is 0 Å². The zero-order valence-corrected chi connectivity index (χ0v) is 12.5. The zero-order valence-electron chi connectivity index (χ0n) is 11.7. The minimum absolute atomic E-state index is 0.0102. The minimum Gasteiger partial charge on any atom is -0.388 e. The second kappa shape index (κ2) is 6.61. The summed E-state index contributed by atoms with van der Waals surface area (Å²) in [6.45, 7) is 2.58. The van der Waals surface area contributed by atoms with Crippen LogP contribution >= 0.6 is 11.8 Å². The van der Waals surface area contributed by atoms with Gasteiger partial charge < -0.3 is 15.1 Å². The Balaban J connectivity index is 1.85. The minimum atomic E-state index is -1.04. The van der Waals surface area contributed by atoms with Gasteiger partial charge in [-0.3, -0.25) is 4.79 Å². The molecule has 0 saturated carbocycles. The summed E-state index contributed by atoms with van der Waals surface area (Å²) in [5.74, 6) is 0.373. The fourth-order valence-corrected chi connectivity index (χ4v) is 3.18. The van der Waals surface area contributed by atoms with Gasteiger partial charge in [0.05, 0.1) is 11.4 Å². The van der Waals surface area contributed by atoms with Crippen molar-refractivity contribution in [1.29, 1.82) is 0 Å². The van der Waals surface area contributed by atoms with Crippen LogP contribution in [0.15, 0.2) is 35.2 Å². The van der Waals surface area contributed by atoms with Crippen molar-refractivity contribution in [2.45, 2.75) is 36.4 Å². The Kier molecular flexibility index (Phi) is 5.07. The lowest BCUT2D eigenvalue weighted by Gasteiger charge is -2.41. The molecule has 0 unspecified atom stereocenters. The molecule has 1 aromatic rings. The normalized spacial score (nSPS) is 26.6. The van der Waals surface area contributed by atoms with Crippen LogP contribution in [0.5, 0.6) is 0 Å². The van der Waals surface area contributed by atoms with E-state index in [-0.39, 0.29) is 12.5 Å². The zero-order chi connectivity index (χ0) is 14.6. The van der Waals surface area contributed by atoms with Crippen LogP contribution in [0.1, 0.15) is 19.8 Å². The average Bonchev–Trinajstić information content (AvgIpc) is 2.48. The van der Waals surface area contributed by atoms with Gasteiger partial charge in [0.1, 0.15) is 6.10 Å². The van der Waals surface area contributed by atoms with E-state index < -0.39 is 11.7 Å². The molecule has 5 heteroatoms. The molecule has 0 radical (unpaired) electrons. The number of nitrogens with zero attached hydrogens (tertiary/aromatic N) is 1. The molecule has 1 heterocycles. The molecule has 0 spiro atoms. The molecule has 2 rings (SSSR count). The van der Waals surface area contributed by atoms with Crippen molar-refractivity contribution < 1.29 is 15.0 Å². The fraction of sp³-hybridized carbons (Fsp3) is 0.533.